The molecule has 2 nitrogen and oxygen atoms in total. The van der Waals surface area contributed by atoms with E-state index in [-0.39, 0.29) is 12.1 Å². The first-order valence-corrected chi connectivity index (χ1v) is 6.43. The molecule has 3 rings (SSSR count). The van der Waals surface area contributed by atoms with E-state index >= 15 is 0 Å². The SMILES string of the molecule is CC(=O)OC1C(C)=CC2C3CC(CC3C)C12. The van der Waals surface area contributed by atoms with Crippen LogP contribution in [0.5, 0.6) is 0 Å². The third kappa shape index (κ3) is 1.28. The van der Waals surface area contributed by atoms with Crippen LogP contribution >= 0.6 is 0 Å². The Balaban J connectivity index is 1.85. The summed E-state index contributed by atoms with van der Waals surface area (Å²) in [5, 5.41) is 0. The normalized spacial score (nSPS) is 49.1. The van der Waals surface area contributed by atoms with Crippen molar-refractivity contribution in [1.29, 1.82) is 0 Å². The number of ether oxygens (including phenoxy) is 1. The Hall–Kier alpha value is -0.790. The topological polar surface area (TPSA) is 26.3 Å². The van der Waals surface area contributed by atoms with E-state index in [0.717, 1.165) is 17.8 Å². The van der Waals surface area contributed by atoms with Gasteiger partial charge in [-0.1, -0.05) is 13.0 Å². The molecule has 2 bridgehead atoms. The van der Waals surface area contributed by atoms with E-state index in [9.17, 15) is 4.79 Å². The second-order valence-corrected chi connectivity index (χ2v) is 5.97. The fraction of sp³-hybridized carbons (Fsp3) is 0.786. The molecule has 6 unspecified atom stereocenters. The number of rotatable bonds is 1. The molecular weight excluding hydrogens is 200 g/mol. The Morgan fingerprint density at radius 3 is 2.88 bits per heavy atom. The maximum absolute atomic E-state index is 11.2. The first kappa shape index (κ1) is 10.4. The molecule has 0 heterocycles. The maximum Gasteiger partial charge on any atom is 0.303 e. The molecule has 3 aliphatic carbocycles. The van der Waals surface area contributed by atoms with Crippen molar-refractivity contribution in [1.82, 2.24) is 0 Å². The summed E-state index contributed by atoms with van der Waals surface area (Å²) >= 11 is 0. The van der Waals surface area contributed by atoms with Crippen LogP contribution in [-0.4, -0.2) is 12.1 Å². The Kier molecular flexibility index (Phi) is 2.17. The number of hydrogen-bond acceptors (Lipinski definition) is 2. The molecule has 0 aromatic rings. The van der Waals surface area contributed by atoms with Gasteiger partial charge in [0.15, 0.2) is 0 Å². The van der Waals surface area contributed by atoms with Crippen molar-refractivity contribution in [2.75, 3.05) is 0 Å². The van der Waals surface area contributed by atoms with Crippen LogP contribution in [0.4, 0.5) is 0 Å². The minimum Gasteiger partial charge on any atom is -0.458 e. The molecule has 0 radical (unpaired) electrons. The van der Waals surface area contributed by atoms with Crippen LogP contribution in [0.25, 0.3) is 0 Å². The van der Waals surface area contributed by atoms with Crippen LogP contribution in [0.1, 0.15) is 33.6 Å². The van der Waals surface area contributed by atoms with Crippen molar-refractivity contribution in [2.45, 2.75) is 39.7 Å². The van der Waals surface area contributed by atoms with E-state index in [2.05, 4.69) is 19.9 Å². The van der Waals surface area contributed by atoms with E-state index in [1.165, 1.54) is 25.3 Å². The number of hydrogen-bond donors (Lipinski definition) is 0. The smallest absolute Gasteiger partial charge is 0.303 e. The molecule has 2 heteroatoms. The first-order chi connectivity index (χ1) is 7.58. The number of esters is 1. The van der Waals surface area contributed by atoms with Crippen LogP contribution in [0.15, 0.2) is 11.6 Å². The summed E-state index contributed by atoms with van der Waals surface area (Å²) in [7, 11) is 0. The van der Waals surface area contributed by atoms with E-state index in [1.54, 1.807) is 0 Å². The van der Waals surface area contributed by atoms with Crippen LogP contribution in [0.2, 0.25) is 0 Å². The highest BCUT2D eigenvalue weighted by atomic mass is 16.5. The van der Waals surface area contributed by atoms with Crippen molar-refractivity contribution in [3.8, 4) is 0 Å². The fourth-order valence-corrected chi connectivity index (χ4v) is 4.52. The van der Waals surface area contributed by atoms with Gasteiger partial charge in [0.1, 0.15) is 6.10 Å². The molecule has 0 aromatic heterocycles. The van der Waals surface area contributed by atoms with Crippen LogP contribution in [0, 0.1) is 29.6 Å². The third-order valence-corrected chi connectivity index (χ3v) is 5.01. The van der Waals surface area contributed by atoms with Crippen molar-refractivity contribution < 1.29 is 9.53 Å². The summed E-state index contributed by atoms with van der Waals surface area (Å²) in [6.07, 6.45) is 5.17. The van der Waals surface area contributed by atoms with E-state index in [4.69, 9.17) is 4.74 Å². The lowest BCUT2D eigenvalue weighted by atomic mass is 9.75. The minimum absolute atomic E-state index is 0.0880. The van der Waals surface area contributed by atoms with E-state index in [1.807, 2.05) is 0 Å². The molecular formula is C14H20O2. The molecule has 0 aliphatic heterocycles. The predicted molar refractivity (Wildman–Crippen MR) is 61.7 cm³/mol. The zero-order chi connectivity index (χ0) is 11.4. The molecule has 88 valence electrons. The second-order valence-electron chi connectivity index (χ2n) is 5.97. The molecule has 0 amide bonds. The van der Waals surface area contributed by atoms with Gasteiger partial charge in [0.25, 0.3) is 0 Å². The summed E-state index contributed by atoms with van der Waals surface area (Å²) in [6.45, 7) is 6.02. The molecule has 0 saturated heterocycles. The predicted octanol–water partition coefficient (Wildman–Crippen LogP) is 2.79. The lowest BCUT2D eigenvalue weighted by molar-refractivity contribution is -0.147. The van der Waals surface area contributed by atoms with E-state index < -0.39 is 0 Å². The van der Waals surface area contributed by atoms with Gasteiger partial charge in [-0.05, 0) is 49.0 Å². The molecule has 0 N–H and O–H groups in total. The standard InChI is InChI=1S/C14H20O2/c1-7-4-10-6-11(7)12-5-8(2)14(13(10)12)16-9(3)15/h5,7,10-14H,4,6H2,1-3H3. The molecule has 6 atom stereocenters. The van der Waals surface area contributed by atoms with Crippen molar-refractivity contribution in [3.63, 3.8) is 0 Å². The Morgan fingerprint density at radius 2 is 2.19 bits per heavy atom. The molecule has 3 aliphatic rings. The number of fused-ring (bicyclic) bond motifs is 5. The molecule has 0 aromatic carbocycles. The Morgan fingerprint density at radius 1 is 1.44 bits per heavy atom. The van der Waals surface area contributed by atoms with Crippen molar-refractivity contribution in [2.24, 2.45) is 29.6 Å². The number of allylic oxidation sites excluding steroid dienone is 1. The van der Waals surface area contributed by atoms with Gasteiger partial charge in [0.2, 0.25) is 0 Å². The number of carbonyl (C=O) groups excluding carboxylic acids is 1. The summed E-state index contributed by atoms with van der Waals surface area (Å²) in [6, 6.07) is 0. The lowest BCUT2D eigenvalue weighted by Crippen LogP contribution is -2.33. The minimum atomic E-state index is -0.130. The van der Waals surface area contributed by atoms with E-state index in [0.29, 0.717) is 11.8 Å². The molecule has 2 fully saturated rings. The maximum atomic E-state index is 11.2. The molecule has 0 spiro atoms. The molecule has 16 heavy (non-hydrogen) atoms. The van der Waals surface area contributed by atoms with Crippen molar-refractivity contribution >= 4 is 5.97 Å². The summed E-state index contributed by atoms with van der Waals surface area (Å²) in [4.78, 5) is 11.2. The van der Waals surface area contributed by atoms with Gasteiger partial charge in [-0.15, -0.1) is 0 Å². The van der Waals surface area contributed by atoms with Gasteiger partial charge in [-0.3, -0.25) is 4.79 Å². The van der Waals surface area contributed by atoms with Gasteiger partial charge in [0, 0.05) is 12.8 Å². The first-order valence-electron chi connectivity index (χ1n) is 6.43. The fourth-order valence-electron chi connectivity index (χ4n) is 4.52. The van der Waals surface area contributed by atoms with Crippen LogP contribution < -0.4 is 0 Å². The Bertz CT molecular complexity index is 358. The Labute approximate surface area is 97.1 Å². The van der Waals surface area contributed by atoms with Crippen molar-refractivity contribution in [3.05, 3.63) is 11.6 Å². The zero-order valence-electron chi connectivity index (χ0n) is 10.3. The van der Waals surface area contributed by atoms with Crippen LogP contribution in [0.3, 0.4) is 0 Å². The summed E-state index contributed by atoms with van der Waals surface area (Å²) < 4.78 is 5.52. The average Bonchev–Trinajstić information content (AvgIpc) is 2.78. The molecule has 2 saturated carbocycles. The van der Waals surface area contributed by atoms with Gasteiger partial charge >= 0.3 is 5.97 Å². The highest BCUT2D eigenvalue weighted by Gasteiger charge is 2.56. The highest BCUT2D eigenvalue weighted by Crippen LogP contribution is 2.60. The summed E-state index contributed by atoms with van der Waals surface area (Å²) in [5.41, 5.74) is 1.29. The van der Waals surface area contributed by atoms with Crippen LogP contribution in [-0.2, 0) is 9.53 Å². The lowest BCUT2D eigenvalue weighted by Gasteiger charge is -2.32. The van der Waals surface area contributed by atoms with Gasteiger partial charge in [-0.25, -0.2) is 0 Å². The zero-order valence-corrected chi connectivity index (χ0v) is 10.3. The van der Waals surface area contributed by atoms with Gasteiger partial charge in [-0.2, -0.15) is 0 Å². The summed E-state index contributed by atoms with van der Waals surface area (Å²) in [5.74, 6) is 3.68. The van der Waals surface area contributed by atoms with Gasteiger partial charge in [0.05, 0.1) is 0 Å². The third-order valence-electron chi connectivity index (χ3n) is 5.01. The highest BCUT2D eigenvalue weighted by molar-refractivity contribution is 5.66. The number of carbonyl (C=O) groups is 1. The monoisotopic (exact) mass is 220 g/mol. The quantitative estimate of drug-likeness (QED) is 0.501. The second kappa shape index (κ2) is 3.35. The average molecular weight is 220 g/mol. The van der Waals surface area contributed by atoms with Gasteiger partial charge < -0.3 is 4.74 Å². The largest absolute Gasteiger partial charge is 0.458 e.